The summed E-state index contributed by atoms with van der Waals surface area (Å²) in [5.74, 6) is 0.619. The summed E-state index contributed by atoms with van der Waals surface area (Å²) in [6.07, 6.45) is 2.61. The maximum absolute atomic E-state index is 5.67. The minimum absolute atomic E-state index is 0.619. The van der Waals surface area contributed by atoms with E-state index in [-0.39, 0.29) is 0 Å². The van der Waals surface area contributed by atoms with E-state index in [0.717, 1.165) is 39.5 Å². The molecule has 0 aromatic rings. The summed E-state index contributed by atoms with van der Waals surface area (Å²) in [7, 11) is 1.77. The van der Waals surface area contributed by atoms with E-state index < -0.39 is 0 Å². The van der Waals surface area contributed by atoms with Crippen LogP contribution in [0.3, 0.4) is 0 Å². The Balaban J connectivity index is 2.16. The van der Waals surface area contributed by atoms with Gasteiger partial charge < -0.3 is 14.8 Å². The standard InChI is InChI=1S/C14H30N2O2/c1-13(2)12-18-10-8-16(7-9-17-3)11-14-5-4-6-15-14/h13-15H,4-12H2,1-3H3. The summed E-state index contributed by atoms with van der Waals surface area (Å²) in [6, 6.07) is 0.659. The summed E-state index contributed by atoms with van der Waals surface area (Å²) in [6.45, 7) is 11.2. The lowest BCUT2D eigenvalue weighted by molar-refractivity contribution is 0.0720. The third-order valence-electron chi connectivity index (χ3n) is 3.26. The quantitative estimate of drug-likeness (QED) is 0.600. The first kappa shape index (κ1) is 15.9. The molecule has 0 amide bonds. The average molecular weight is 258 g/mol. The first-order chi connectivity index (χ1) is 8.72. The van der Waals surface area contributed by atoms with Crippen LogP contribution in [0.1, 0.15) is 26.7 Å². The Bertz CT molecular complexity index is 194. The lowest BCUT2D eigenvalue weighted by Crippen LogP contribution is -2.40. The van der Waals surface area contributed by atoms with E-state index in [9.17, 15) is 0 Å². The molecular formula is C14H30N2O2. The van der Waals surface area contributed by atoms with Crippen LogP contribution in [-0.4, -0.2) is 64.1 Å². The lowest BCUT2D eigenvalue weighted by Gasteiger charge is -2.25. The van der Waals surface area contributed by atoms with Crippen LogP contribution in [0.15, 0.2) is 0 Å². The van der Waals surface area contributed by atoms with Gasteiger partial charge in [0.1, 0.15) is 0 Å². The number of hydrogen-bond acceptors (Lipinski definition) is 4. The van der Waals surface area contributed by atoms with Crippen molar-refractivity contribution >= 4 is 0 Å². The number of hydrogen-bond donors (Lipinski definition) is 1. The highest BCUT2D eigenvalue weighted by atomic mass is 16.5. The third kappa shape index (κ3) is 7.31. The molecule has 1 N–H and O–H groups in total. The van der Waals surface area contributed by atoms with Crippen molar-refractivity contribution in [1.82, 2.24) is 10.2 Å². The first-order valence-electron chi connectivity index (χ1n) is 7.24. The number of nitrogens with zero attached hydrogens (tertiary/aromatic N) is 1. The van der Waals surface area contributed by atoms with E-state index in [2.05, 4.69) is 24.1 Å². The molecule has 0 aromatic carbocycles. The van der Waals surface area contributed by atoms with Gasteiger partial charge in [0.2, 0.25) is 0 Å². The summed E-state index contributed by atoms with van der Waals surface area (Å²) in [5.41, 5.74) is 0. The molecule has 0 aromatic heterocycles. The Kier molecular flexibility index (Phi) is 8.59. The molecule has 108 valence electrons. The Hall–Kier alpha value is -0.160. The van der Waals surface area contributed by atoms with Gasteiger partial charge >= 0.3 is 0 Å². The van der Waals surface area contributed by atoms with Crippen LogP contribution in [0.4, 0.5) is 0 Å². The van der Waals surface area contributed by atoms with Crippen molar-refractivity contribution < 1.29 is 9.47 Å². The Labute approximate surface area is 112 Å². The summed E-state index contributed by atoms with van der Waals surface area (Å²) in [5, 5.41) is 3.55. The van der Waals surface area contributed by atoms with E-state index >= 15 is 0 Å². The van der Waals surface area contributed by atoms with Gasteiger partial charge in [0.25, 0.3) is 0 Å². The second-order valence-corrected chi connectivity index (χ2v) is 5.56. The van der Waals surface area contributed by atoms with Crippen LogP contribution >= 0.6 is 0 Å². The molecule has 1 heterocycles. The van der Waals surface area contributed by atoms with Crippen molar-refractivity contribution in [3.8, 4) is 0 Å². The molecule has 18 heavy (non-hydrogen) atoms. The Morgan fingerprint density at radius 3 is 2.67 bits per heavy atom. The predicted octanol–water partition coefficient (Wildman–Crippen LogP) is 1.36. The van der Waals surface area contributed by atoms with Gasteiger partial charge in [-0.1, -0.05) is 13.8 Å². The zero-order chi connectivity index (χ0) is 13.2. The fourth-order valence-electron chi connectivity index (χ4n) is 2.25. The maximum atomic E-state index is 5.67. The second-order valence-electron chi connectivity index (χ2n) is 5.56. The van der Waals surface area contributed by atoms with Gasteiger partial charge in [-0.15, -0.1) is 0 Å². The lowest BCUT2D eigenvalue weighted by atomic mass is 10.2. The second kappa shape index (κ2) is 9.73. The topological polar surface area (TPSA) is 33.7 Å². The molecule has 1 saturated heterocycles. The summed E-state index contributed by atoms with van der Waals surface area (Å²) >= 11 is 0. The molecule has 4 nitrogen and oxygen atoms in total. The van der Waals surface area contributed by atoms with Crippen LogP contribution in [0, 0.1) is 5.92 Å². The zero-order valence-electron chi connectivity index (χ0n) is 12.3. The van der Waals surface area contributed by atoms with Crippen molar-refractivity contribution in [1.29, 1.82) is 0 Å². The average Bonchev–Trinajstić information content (AvgIpc) is 2.83. The number of methoxy groups -OCH3 is 1. The SMILES string of the molecule is COCCN(CCOCC(C)C)CC1CCCN1. The van der Waals surface area contributed by atoms with Gasteiger partial charge in [-0.2, -0.15) is 0 Å². The Morgan fingerprint density at radius 2 is 2.06 bits per heavy atom. The molecule has 1 atom stereocenters. The van der Waals surface area contributed by atoms with Gasteiger partial charge in [-0.25, -0.2) is 0 Å². The molecule has 1 rings (SSSR count). The zero-order valence-corrected chi connectivity index (χ0v) is 12.3. The smallest absolute Gasteiger partial charge is 0.0593 e. The van der Waals surface area contributed by atoms with Crippen molar-refractivity contribution in [2.75, 3.05) is 53.1 Å². The van der Waals surface area contributed by atoms with Gasteiger partial charge in [-0.3, -0.25) is 4.90 Å². The van der Waals surface area contributed by atoms with Crippen LogP contribution < -0.4 is 5.32 Å². The maximum Gasteiger partial charge on any atom is 0.0593 e. The Morgan fingerprint density at radius 1 is 1.28 bits per heavy atom. The minimum atomic E-state index is 0.619. The van der Waals surface area contributed by atoms with Crippen LogP contribution in [-0.2, 0) is 9.47 Å². The molecule has 1 unspecified atom stereocenters. The molecule has 0 saturated carbocycles. The van der Waals surface area contributed by atoms with E-state index in [1.54, 1.807) is 7.11 Å². The van der Waals surface area contributed by atoms with Crippen LogP contribution in [0.5, 0.6) is 0 Å². The highest BCUT2D eigenvalue weighted by molar-refractivity contribution is 4.77. The molecule has 1 aliphatic rings. The fourth-order valence-corrected chi connectivity index (χ4v) is 2.25. The highest BCUT2D eigenvalue weighted by Crippen LogP contribution is 2.07. The molecule has 0 radical (unpaired) electrons. The molecule has 0 aliphatic carbocycles. The summed E-state index contributed by atoms with van der Waals surface area (Å²) < 4.78 is 10.8. The molecular weight excluding hydrogens is 228 g/mol. The monoisotopic (exact) mass is 258 g/mol. The van der Waals surface area contributed by atoms with E-state index in [1.807, 2.05) is 0 Å². The van der Waals surface area contributed by atoms with Gasteiger partial charge in [0.05, 0.1) is 13.2 Å². The van der Waals surface area contributed by atoms with Crippen molar-refractivity contribution in [3.05, 3.63) is 0 Å². The number of ether oxygens (including phenoxy) is 2. The van der Waals surface area contributed by atoms with Crippen molar-refractivity contribution in [2.45, 2.75) is 32.7 Å². The molecule has 4 heteroatoms. The highest BCUT2D eigenvalue weighted by Gasteiger charge is 2.17. The molecule has 1 fully saturated rings. The molecule has 0 spiro atoms. The van der Waals surface area contributed by atoms with E-state index in [1.165, 1.54) is 19.4 Å². The van der Waals surface area contributed by atoms with E-state index in [0.29, 0.717) is 12.0 Å². The third-order valence-corrected chi connectivity index (χ3v) is 3.26. The fraction of sp³-hybridized carbons (Fsp3) is 1.00. The van der Waals surface area contributed by atoms with Crippen molar-refractivity contribution in [3.63, 3.8) is 0 Å². The van der Waals surface area contributed by atoms with E-state index in [4.69, 9.17) is 9.47 Å². The largest absolute Gasteiger partial charge is 0.383 e. The van der Waals surface area contributed by atoms with Gasteiger partial charge in [0, 0.05) is 39.4 Å². The van der Waals surface area contributed by atoms with Crippen LogP contribution in [0.25, 0.3) is 0 Å². The normalized spacial score (nSPS) is 20.2. The predicted molar refractivity (Wildman–Crippen MR) is 75.0 cm³/mol. The molecule has 0 bridgehead atoms. The van der Waals surface area contributed by atoms with Gasteiger partial charge in [-0.05, 0) is 25.3 Å². The molecule has 1 aliphatic heterocycles. The minimum Gasteiger partial charge on any atom is -0.383 e. The van der Waals surface area contributed by atoms with Gasteiger partial charge in [0.15, 0.2) is 0 Å². The van der Waals surface area contributed by atoms with Crippen LogP contribution in [0.2, 0.25) is 0 Å². The number of nitrogens with one attached hydrogen (secondary N) is 1. The summed E-state index contributed by atoms with van der Waals surface area (Å²) in [4.78, 5) is 2.45. The van der Waals surface area contributed by atoms with Crippen molar-refractivity contribution in [2.24, 2.45) is 5.92 Å². The number of rotatable bonds is 10. The first-order valence-corrected chi connectivity index (χ1v) is 7.24.